The first-order chi connectivity index (χ1) is 9.08. The summed E-state index contributed by atoms with van der Waals surface area (Å²) in [6, 6.07) is 5.99. The van der Waals surface area contributed by atoms with Crippen molar-refractivity contribution in [1.29, 1.82) is 0 Å². The largest absolute Gasteiger partial charge is 0.353 e. The van der Waals surface area contributed by atoms with Crippen molar-refractivity contribution in [1.82, 2.24) is 10.3 Å². The van der Waals surface area contributed by atoms with E-state index in [-0.39, 0.29) is 11.9 Å². The highest BCUT2D eigenvalue weighted by molar-refractivity contribution is 7.99. The maximum Gasteiger partial charge on any atom is 0.230 e. The Morgan fingerprint density at radius 2 is 2.11 bits per heavy atom. The van der Waals surface area contributed by atoms with Crippen molar-refractivity contribution in [2.45, 2.75) is 51.1 Å². The molecule has 1 aromatic rings. The maximum absolute atomic E-state index is 11.8. The summed E-state index contributed by atoms with van der Waals surface area (Å²) < 4.78 is 0. The molecule has 1 rings (SSSR count). The molecule has 0 bridgehead atoms. The fourth-order valence-corrected chi connectivity index (χ4v) is 2.47. The van der Waals surface area contributed by atoms with Gasteiger partial charge in [-0.1, -0.05) is 44.5 Å². The fraction of sp³-hybridized carbons (Fsp3) is 0.600. The molecule has 1 aromatic heterocycles. The number of hydrogen-bond acceptors (Lipinski definition) is 3. The second kappa shape index (κ2) is 8.97. The van der Waals surface area contributed by atoms with Gasteiger partial charge in [-0.2, -0.15) is 0 Å². The summed E-state index contributed by atoms with van der Waals surface area (Å²) in [6.45, 7) is 6.53. The molecule has 0 fully saturated rings. The summed E-state index contributed by atoms with van der Waals surface area (Å²) in [6.07, 6.45) is 5.20. The van der Waals surface area contributed by atoms with Crippen LogP contribution in [0.3, 0.4) is 0 Å². The number of nitrogens with zero attached hydrogens (tertiary/aromatic N) is 1. The van der Waals surface area contributed by atoms with Crippen LogP contribution < -0.4 is 5.32 Å². The molecular formula is C15H24N2OS. The lowest BCUT2D eigenvalue weighted by Crippen LogP contribution is -2.33. The highest BCUT2D eigenvalue weighted by atomic mass is 32.2. The van der Waals surface area contributed by atoms with E-state index in [0.717, 1.165) is 17.4 Å². The standard InChI is InChI=1S/C15H24N2OS/c1-12(2)7-6-8-13(3)17-14(18)11-19-15-9-4-5-10-16-15/h4-5,9-10,12-13H,6-8,11H2,1-3H3,(H,17,18). The first kappa shape index (κ1) is 16.0. The first-order valence-corrected chi connectivity index (χ1v) is 7.89. The Labute approximate surface area is 120 Å². The van der Waals surface area contributed by atoms with Gasteiger partial charge in [0.2, 0.25) is 5.91 Å². The number of hydrogen-bond donors (Lipinski definition) is 1. The SMILES string of the molecule is CC(C)CCCC(C)NC(=O)CSc1ccccn1. The molecule has 0 aliphatic heterocycles. The van der Waals surface area contributed by atoms with E-state index in [1.54, 1.807) is 6.20 Å². The molecule has 106 valence electrons. The first-order valence-electron chi connectivity index (χ1n) is 6.91. The van der Waals surface area contributed by atoms with E-state index < -0.39 is 0 Å². The summed E-state index contributed by atoms with van der Waals surface area (Å²) in [5.41, 5.74) is 0. The Balaban J connectivity index is 2.16. The van der Waals surface area contributed by atoms with E-state index in [2.05, 4.69) is 31.1 Å². The Kier molecular flexibility index (Phi) is 7.56. The Hall–Kier alpha value is -1.03. The number of carbonyl (C=O) groups is 1. The van der Waals surface area contributed by atoms with E-state index in [9.17, 15) is 4.79 Å². The topological polar surface area (TPSA) is 42.0 Å². The second-order valence-corrected chi connectivity index (χ2v) is 6.25. The lowest BCUT2D eigenvalue weighted by atomic mass is 10.0. The van der Waals surface area contributed by atoms with Crippen LogP contribution in [-0.2, 0) is 4.79 Å². The average molecular weight is 280 g/mol. The van der Waals surface area contributed by atoms with Crippen molar-refractivity contribution in [2.24, 2.45) is 5.92 Å². The third-order valence-corrected chi connectivity index (χ3v) is 3.76. The van der Waals surface area contributed by atoms with Crippen molar-refractivity contribution >= 4 is 17.7 Å². The van der Waals surface area contributed by atoms with Crippen LogP contribution in [0.4, 0.5) is 0 Å². The molecule has 0 spiro atoms. The normalized spacial score (nSPS) is 12.4. The van der Waals surface area contributed by atoms with E-state index in [4.69, 9.17) is 0 Å². The van der Waals surface area contributed by atoms with Crippen LogP contribution in [0.1, 0.15) is 40.0 Å². The van der Waals surface area contributed by atoms with Crippen molar-refractivity contribution < 1.29 is 4.79 Å². The summed E-state index contributed by atoms with van der Waals surface area (Å²) >= 11 is 1.48. The minimum absolute atomic E-state index is 0.0905. The Morgan fingerprint density at radius 1 is 1.32 bits per heavy atom. The number of pyridine rings is 1. The summed E-state index contributed by atoms with van der Waals surface area (Å²) in [7, 11) is 0. The number of nitrogens with one attached hydrogen (secondary N) is 1. The quantitative estimate of drug-likeness (QED) is 0.741. The van der Waals surface area contributed by atoms with Crippen LogP contribution in [0, 0.1) is 5.92 Å². The molecule has 1 amide bonds. The molecule has 4 heteroatoms. The van der Waals surface area contributed by atoms with Crippen molar-refractivity contribution in [2.75, 3.05) is 5.75 Å². The zero-order valence-electron chi connectivity index (χ0n) is 12.1. The van der Waals surface area contributed by atoms with Gasteiger partial charge in [-0.25, -0.2) is 4.98 Å². The highest BCUT2D eigenvalue weighted by Gasteiger charge is 2.08. The average Bonchev–Trinajstić information content (AvgIpc) is 2.37. The van der Waals surface area contributed by atoms with E-state index in [1.807, 2.05) is 18.2 Å². The van der Waals surface area contributed by atoms with Crippen molar-refractivity contribution in [3.05, 3.63) is 24.4 Å². The Morgan fingerprint density at radius 3 is 2.74 bits per heavy atom. The van der Waals surface area contributed by atoms with Crippen LogP contribution >= 0.6 is 11.8 Å². The molecule has 19 heavy (non-hydrogen) atoms. The number of aromatic nitrogens is 1. The number of amides is 1. The molecule has 1 N–H and O–H groups in total. The van der Waals surface area contributed by atoms with Crippen molar-refractivity contribution in [3.8, 4) is 0 Å². The monoisotopic (exact) mass is 280 g/mol. The zero-order valence-corrected chi connectivity index (χ0v) is 12.9. The van der Waals surface area contributed by atoms with Gasteiger partial charge in [-0.05, 0) is 31.4 Å². The molecule has 1 heterocycles. The lowest BCUT2D eigenvalue weighted by Gasteiger charge is -2.14. The smallest absolute Gasteiger partial charge is 0.230 e. The van der Waals surface area contributed by atoms with Gasteiger partial charge in [0, 0.05) is 12.2 Å². The van der Waals surface area contributed by atoms with E-state index in [1.165, 1.54) is 24.6 Å². The van der Waals surface area contributed by atoms with Crippen LogP contribution in [-0.4, -0.2) is 22.7 Å². The van der Waals surface area contributed by atoms with E-state index >= 15 is 0 Å². The van der Waals surface area contributed by atoms with Crippen LogP contribution in [0.2, 0.25) is 0 Å². The Bertz CT molecular complexity index is 368. The second-order valence-electron chi connectivity index (χ2n) is 5.25. The van der Waals surface area contributed by atoms with Crippen molar-refractivity contribution in [3.63, 3.8) is 0 Å². The van der Waals surface area contributed by atoms with Gasteiger partial charge in [-0.3, -0.25) is 4.79 Å². The van der Waals surface area contributed by atoms with E-state index in [0.29, 0.717) is 5.75 Å². The lowest BCUT2D eigenvalue weighted by molar-refractivity contribution is -0.119. The summed E-state index contributed by atoms with van der Waals surface area (Å²) in [5.74, 6) is 1.27. The van der Waals surface area contributed by atoms with Gasteiger partial charge in [0.15, 0.2) is 0 Å². The molecule has 1 unspecified atom stereocenters. The fourth-order valence-electron chi connectivity index (χ4n) is 1.79. The third-order valence-electron chi connectivity index (χ3n) is 2.81. The number of thioether (sulfide) groups is 1. The maximum atomic E-state index is 11.8. The number of rotatable bonds is 8. The molecule has 0 saturated heterocycles. The predicted octanol–water partition coefficient (Wildman–Crippen LogP) is 3.50. The van der Waals surface area contributed by atoms with Crippen LogP contribution in [0.15, 0.2) is 29.4 Å². The predicted molar refractivity (Wildman–Crippen MR) is 81.3 cm³/mol. The zero-order chi connectivity index (χ0) is 14.1. The molecule has 0 aliphatic carbocycles. The molecule has 0 saturated carbocycles. The van der Waals surface area contributed by atoms with Gasteiger partial charge >= 0.3 is 0 Å². The van der Waals surface area contributed by atoms with Gasteiger partial charge in [0.1, 0.15) is 0 Å². The molecule has 0 aliphatic rings. The summed E-state index contributed by atoms with van der Waals surface area (Å²) in [5, 5.41) is 3.93. The van der Waals surface area contributed by atoms with Crippen LogP contribution in [0.5, 0.6) is 0 Å². The molecule has 3 nitrogen and oxygen atoms in total. The third kappa shape index (κ3) is 7.88. The summed E-state index contributed by atoms with van der Waals surface area (Å²) in [4.78, 5) is 15.9. The van der Waals surface area contributed by atoms with Gasteiger partial charge in [0.25, 0.3) is 0 Å². The van der Waals surface area contributed by atoms with Gasteiger partial charge < -0.3 is 5.32 Å². The highest BCUT2D eigenvalue weighted by Crippen LogP contribution is 2.13. The van der Waals surface area contributed by atoms with Gasteiger partial charge in [-0.15, -0.1) is 0 Å². The molecular weight excluding hydrogens is 256 g/mol. The minimum atomic E-state index is 0.0905. The van der Waals surface area contributed by atoms with Gasteiger partial charge in [0.05, 0.1) is 10.8 Å². The number of carbonyl (C=O) groups excluding carboxylic acids is 1. The molecule has 1 atom stereocenters. The van der Waals surface area contributed by atoms with Crippen LogP contribution in [0.25, 0.3) is 0 Å². The minimum Gasteiger partial charge on any atom is -0.353 e. The molecule has 0 radical (unpaired) electrons. The molecule has 0 aromatic carbocycles.